The van der Waals surface area contributed by atoms with E-state index in [-0.39, 0.29) is 17.8 Å². The fraction of sp³-hybridized carbons (Fsp3) is 0.200. The van der Waals surface area contributed by atoms with Gasteiger partial charge in [-0.1, -0.05) is 11.2 Å². The molecule has 0 saturated carbocycles. The zero-order chi connectivity index (χ0) is 12.3. The zero-order valence-corrected chi connectivity index (χ0v) is 9.06. The second-order valence-electron chi connectivity index (χ2n) is 3.34. The van der Waals surface area contributed by atoms with Crippen molar-refractivity contribution >= 4 is 5.91 Å². The van der Waals surface area contributed by atoms with Gasteiger partial charge in [0.1, 0.15) is 5.69 Å². The molecule has 7 heteroatoms. The third kappa shape index (κ3) is 2.77. The van der Waals surface area contributed by atoms with Gasteiger partial charge in [-0.25, -0.2) is 0 Å². The number of amides is 1. The lowest BCUT2D eigenvalue weighted by Crippen LogP contribution is -2.26. The molecule has 0 aromatic carbocycles. The third-order valence-electron chi connectivity index (χ3n) is 1.99. The fourth-order valence-corrected chi connectivity index (χ4v) is 1.25. The molecule has 7 nitrogen and oxygen atoms in total. The lowest BCUT2D eigenvalue weighted by molar-refractivity contribution is 0.0944. The molecule has 2 aromatic rings. The number of aryl methyl sites for hydroxylation is 1. The highest BCUT2D eigenvalue weighted by Gasteiger charge is 2.08. The summed E-state index contributed by atoms with van der Waals surface area (Å²) >= 11 is 0. The predicted octanol–water partition coefficient (Wildman–Crippen LogP) is -0.00368. The number of H-pyrrole nitrogens is 1. The molecule has 2 aromatic heterocycles. The lowest BCUT2D eigenvalue weighted by atomic mass is 10.3. The number of nitrogens with zero attached hydrogens (tertiary/aromatic N) is 2. The molecule has 88 valence electrons. The van der Waals surface area contributed by atoms with Crippen LogP contribution in [-0.4, -0.2) is 21.0 Å². The number of aromatic amines is 1. The summed E-state index contributed by atoms with van der Waals surface area (Å²) in [6.45, 7) is 1.81. The van der Waals surface area contributed by atoms with Gasteiger partial charge in [0.25, 0.3) is 5.91 Å². The molecule has 0 saturated heterocycles. The highest BCUT2D eigenvalue weighted by molar-refractivity contribution is 5.91. The van der Waals surface area contributed by atoms with Crippen LogP contribution in [0.25, 0.3) is 0 Å². The summed E-state index contributed by atoms with van der Waals surface area (Å²) in [5.74, 6) is 0.418. The van der Waals surface area contributed by atoms with Crippen LogP contribution < -0.4 is 10.9 Å². The van der Waals surface area contributed by atoms with Crippen LogP contribution in [0.15, 0.2) is 27.5 Å². The van der Waals surface area contributed by atoms with Crippen molar-refractivity contribution in [3.63, 3.8) is 0 Å². The van der Waals surface area contributed by atoms with Gasteiger partial charge < -0.3 is 14.8 Å². The first-order chi connectivity index (χ1) is 8.15. The summed E-state index contributed by atoms with van der Waals surface area (Å²) in [6.07, 6.45) is 0. The van der Waals surface area contributed by atoms with Crippen molar-refractivity contribution in [1.29, 1.82) is 0 Å². The van der Waals surface area contributed by atoms with Crippen LogP contribution in [0.5, 0.6) is 0 Å². The lowest BCUT2D eigenvalue weighted by Gasteiger charge is -2.01. The van der Waals surface area contributed by atoms with Gasteiger partial charge in [-0.05, 0) is 6.07 Å². The Balaban J connectivity index is 2.00. The molecular weight excluding hydrogens is 224 g/mol. The van der Waals surface area contributed by atoms with Crippen LogP contribution >= 0.6 is 0 Å². The van der Waals surface area contributed by atoms with Gasteiger partial charge in [0.05, 0.1) is 6.54 Å². The minimum absolute atomic E-state index is 0.146. The number of carbonyl (C=O) groups excluding carboxylic acids is 1. The van der Waals surface area contributed by atoms with E-state index >= 15 is 0 Å². The fourth-order valence-electron chi connectivity index (χ4n) is 1.25. The van der Waals surface area contributed by atoms with Gasteiger partial charge in [-0.3, -0.25) is 9.59 Å². The Morgan fingerprint density at radius 3 is 3.00 bits per heavy atom. The second kappa shape index (κ2) is 4.60. The molecule has 0 bridgehead atoms. The first-order valence-corrected chi connectivity index (χ1v) is 4.92. The van der Waals surface area contributed by atoms with Crippen LogP contribution in [0.2, 0.25) is 0 Å². The minimum atomic E-state index is -0.398. The highest BCUT2D eigenvalue weighted by atomic mass is 16.5. The van der Waals surface area contributed by atoms with Gasteiger partial charge in [0.15, 0.2) is 5.82 Å². The van der Waals surface area contributed by atoms with Crippen LogP contribution in [0, 0.1) is 6.92 Å². The van der Waals surface area contributed by atoms with Gasteiger partial charge >= 0.3 is 0 Å². The van der Waals surface area contributed by atoms with Gasteiger partial charge in [0.2, 0.25) is 11.4 Å². The van der Waals surface area contributed by atoms with Crippen LogP contribution in [-0.2, 0) is 6.54 Å². The van der Waals surface area contributed by atoms with Gasteiger partial charge in [0, 0.05) is 13.0 Å². The molecule has 0 aliphatic heterocycles. The summed E-state index contributed by atoms with van der Waals surface area (Å²) in [6, 6.07) is 4.35. The molecule has 17 heavy (non-hydrogen) atoms. The monoisotopic (exact) mass is 234 g/mol. The maximum Gasteiger partial charge on any atom is 0.268 e. The Bertz CT molecular complexity index is 587. The second-order valence-corrected chi connectivity index (χ2v) is 3.34. The Morgan fingerprint density at radius 1 is 1.53 bits per heavy atom. The molecule has 2 heterocycles. The van der Waals surface area contributed by atoms with Crippen molar-refractivity contribution in [1.82, 2.24) is 20.4 Å². The number of hydrogen-bond acceptors (Lipinski definition) is 5. The van der Waals surface area contributed by atoms with Gasteiger partial charge in [-0.15, -0.1) is 0 Å². The average Bonchev–Trinajstić information content (AvgIpc) is 2.72. The van der Waals surface area contributed by atoms with E-state index in [1.165, 1.54) is 18.2 Å². The number of nitrogens with one attached hydrogen (secondary N) is 2. The first-order valence-electron chi connectivity index (χ1n) is 4.92. The maximum absolute atomic E-state index is 11.6. The molecule has 0 aliphatic rings. The van der Waals surface area contributed by atoms with Crippen molar-refractivity contribution in [2.75, 3.05) is 0 Å². The Morgan fingerprint density at radius 2 is 2.35 bits per heavy atom. The first kappa shape index (κ1) is 11.1. The summed E-state index contributed by atoms with van der Waals surface area (Å²) in [5.41, 5.74) is -0.134. The Labute approximate surface area is 95.9 Å². The topological polar surface area (TPSA) is 101 Å². The Kier molecular flexibility index (Phi) is 2.99. The third-order valence-corrected chi connectivity index (χ3v) is 1.99. The van der Waals surface area contributed by atoms with E-state index in [0.717, 1.165) is 0 Å². The van der Waals surface area contributed by atoms with E-state index in [4.69, 9.17) is 4.52 Å². The number of hydrogen-bond donors (Lipinski definition) is 2. The molecule has 0 atom stereocenters. The molecule has 0 fully saturated rings. The predicted molar refractivity (Wildman–Crippen MR) is 57.3 cm³/mol. The van der Waals surface area contributed by atoms with Crippen LogP contribution in [0.3, 0.4) is 0 Å². The summed E-state index contributed by atoms with van der Waals surface area (Å²) in [7, 11) is 0. The number of carbonyl (C=O) groups is 1. The maximum atomic E-state index is 11.6. The molecule has 0 aliphatic carbocycles. The van der Waals surface area contributed by atoms with E-state index in [1.807, 2.05) is 0 Å². The van der Waals surface area contributed by atoms with Crippen molar-refractivity contribution in [3.8, 4) is 0 Å². The summed E-state index contributed by atoms with van der Waals surface area (Å²) < 4.78 is 4.75. The average molecular weight is 234 g/mol. The highest BCUT2D eigenvalue weighted by Crippen LogP contribution is 1.95. The zero-order valence-electron chi connectivity index (χ0n) is 9.06. The largest absolute Gasteiger partial charge is 0.343 e. The van der Waals surface area contributed by atoms with Crippen molar-refractivity contribution in [2.45, 2.75) is 13.5 Å². The van der Waals surface area contributed by atoms with Crippen molar-refractivity contribution in [3.05, 3.63) is 46.0 Å². The molecule has 2 N–H and O–H groups in total. The standard InChI is InChI=1S/C10H10N4O3/c1-6-12-8(14-17-6)5-11-10(16)7-3-2-4-9(15)13-7/h2-4H,5H2,1H3,(H,11,16)(H,13,15). The van der Waals surface area contributed by atoms with E-state index < -0.39 is 5.91 Å². The van der Waals surface area contributed by atoms with Crippen molar-refractivity contribution in [2.24, 2.45) is 0 Å². The smallest absolute Gasteiger partial charge is 0.268 e. The minimum Gasteiger partial charge on any atom is -0.343 e. The Hall–Kier alpha value is -2.44. The number of rotatable bonds is 3. The normalized spacial score (nSPS) is 10.2. The number of pyridine rings is 1. The van der Waals surface area contributed by atoms with E-state index in [1.54, 1.807) is 6.92 Å². The van der Waals surface area contributed by atoms with E-state index in [9.17, 15) is 9.59 Å². The molecule has 1 amide bonds. The molecule has 0 radical (unpaired) electrons. The molecule has 0 unspecified atom stereocenters. The summed E-state index contributed by atoms with van der Waals surface area (Å²) in [4.78, 5) is 29.0. The SMILES string of the molecule is Cc1nc(CNC(=O)c2cccc(=O)[nH]2)no1. The molecular formula is C10H10N4O3. The van der Waals surface area contributed by atoms with Crippen LogP contribution in [0.4, 0.5) is 0 Å². The summed E-state index contributed by atoms with van der Waals surface area (Å²) in [5, 5.41) is 6.19. The van der Waals surface area contributed by atoms with Crippen LogP contribution in [0.1, 0.15) is 22.2 Å². The van der Waals surface area contributed by atoms with E-state index in [0.29, 0.717) is 11.7 Å². The van der Waals surface area contributed by atoms with E-state index in [2.05, 4.69) is 20.4 Å². The molecule has 0 spiro atoms. The number of aromatic nitrogens is 3. The van der Waals surface area contributed by atoms with Crippen molar-refractivity contribution < 1.29 is 9.32 Å². The molecule has 2 rings (SSSR count). The van der Waals surface area contributed by atoms with Gasteiger partial charge in [-0.2, -0.15) is 4.98 Å². The quantitative estimate of drug-likeness (QED) is 0.778.